The number of aromatic hydroxyl groups is 2. The topological polar surface area (TPSA) is 136 Å². The average molecular weight is 397 g/mol. The second-order valence-electron chi connectivity index (χ2n) is 6.40. The van der Waals surface area contributed by atoms with Gasteiger partial charge in [-0.2, -0.15) is 0 Å². The van der Waals surface area contributed by atoms with E-state index in [0.29, 0.717) is 11.1 Å². The van der Waals surface area contributed by atoms with Crippen LogP contribution in [0.3, 0.4) is 0 Å². The Morgan fingerprint density at radius 3 is 2.00 bits per heavy atom. The highest BCUT2D eigenvalue weighted by atomic mass is 16.3. The van der Waals surface area contributed by atoms with Gasteiger partial charge in [0.2, 0.25) is 5.91 Å². The van der Waals surface area contributed by atoms with Crippen molar-refractivity contribution in [3.8, 4) is 11.5 Å². The summed E-state index contributed by atoms with van der Waals surface area (Å²) in [6.45, 7) is 0.221. The first-order chi connectivity index (χ1) is 13.9. The van der Waals surface area contributed by atoms with Crippen LogP contribution in [0.5, 0.6) is 11.5 Å². The Kier molecular flexibility index (Phi) is 5.77. The largest absolute Gasteiger partial charge is 0.508 e. The van der Waals surface area contributed by atoms with Crippen molar-refractivity contribution in [3.05, 3.63) is 59.2 Å². The summed E-state index contributed by atoms with van der Waals surface area (Å²) in [5.41, 5.74) is 0.747. The number of phenolic OH excluding ortho intramolecular Hbond substituents is 2. The number of carbonyl (C=O) groups excluding carboxylic acids is 4. The van der Waals surface area contributed by atoms with Gasteiger partial charge in [0, 0.05) is 37.7 Å². The minimum Gasteiger partial charge on any atom is -0.508 e. The molecule has 1 aliphatic rings. The van der Waals surface area contributed by atoms with Crippen molar-refractivity contribution in [3.63, 3.8) is 0 Å². The van der Waals surface area contributed by atoms with Crippen LogP contribution in [0.25, 0.3) is 0 Å². The molecule has 0 spiro atoms. The van der Waals surface area contributed by atoms with Gasteiger partial charge >= 0.3 is 0 Å². The standard InChI is InChI=1S/C20H19N3O6/c24-13-9-12(10-14(25)11-13)18(27)22-7-6-21-17(26)5-8-23-19(28)15-3-1-2-4-16(15)20(23)29/h1-4,9-11,24-25H,5-8H2,(H,21,26)(H,22,27). The van der Waals surface area contributed by atoms with E-state index in [1.807, 2.05) is 0 Å². The fourth-order valence-electron chi connectivity index (χ4n) is 2.95. The van der Waals surface area contributed by atoms with Crippen LogP contribution in [0.15, 0.2) is 42.5 Å². The predicted octanol–water partition coefficient (Wildman–Crippen LogP) is 0.630. The lowest BCUT2D eigenvalue weighted by Gasteiger charge is -2.13. The molecule has 0 saturated carbocycles. The number of imide groups is 1. The van der Waals surface area contributed by atoms with Gasteiger partial charge in [-0.15, -0.1) is 0 Å². The number of phenols is 2. The molecule has 0 bridgehead atoms. The van der Waals surface area contributed by atoms with Crippen LogP contribution in [0.4, 0.5) is 0 Å². The molecule has 0 aliphatic carbocycles. The number of nitrogens with one attached hydrogen (secondary N) is 2. The van der Waals surface area contributed by atoms with Gasteiger partial charge in [0.15, 0.2) is 0 Å². The molecule has 3 rings (SSSR count). The molecule has 9 nitrogen and oxygen atoms in total. The highest BCUT2D eigenvalue weighted by Crippen LogP contribution is 2.22. The Labute approximate surface area is 165 Å². The van der Waals surface area contributed by atoms with Crippen molar-refractivity contribution in [2.24, 2.45) is 0 Å². The highest BCUT2D eigenvalue weighted by molar-refractivity contribution is 6.21. The summed E-state index contributed by atoms with van der Waals surface area (Å²) in [5.74, 6) is -2.20. The number of rotatable bonds is 7. The predicted molar refractivity (Wildman–Crippen MR) is 102 cm³/mol. The first-order valence-corrected chi connectivity index (χ1v) is 8.90. The number of hydrogen-bond donors (Lipinski definition) is 4. The summed E-state index contributed by atoms with van der Waals surface area (Å²) in [4.78, 5) is 49.4. The molecule has 2 aromatic carbocycles. The Morgan fingerprint density at radius 1 is 0.862 bits per heavy atom. The fourth-order valence-corrected chi connectivity index (χ4v) is 2.95. The highest BCUT2D eigenvalue weighted by Gasteiger charge is 2.34. The fraction of sp³-hybridized carbons (Fsp3) is 0.200. The zero-order chi connectivity index (χ0) is 21.0. The van der Waals surface area contributed by atoms with E-state index in [1.54, 1.807) is 24.3 Å². The molecule has 1 heterocycles. The van der Waals surface area contributed by atoms with Crippen LogP contribution in [-0.4, -0.2) is 58.4 Å². The lowest BCUT2D eigenvalue weighted by atomic mass is 10.1. The zero-order valence-corrected chi connectivity index (χ0v) is 15.3. The van der Waals surface area contributed by atoms with E-state index in [4.69, 9.17) is 0 Å². The summed E-state index contributed by atoms with van der Waals surface area (Å²) in [7, 11) is 0. The molecule has 0 fully saturated rings. The molecule has 4 amide bonds. The summed E-state index contributed by atoms with van der Waals surface area (Å²) in [6, 6.07) is 10.0. The van der Waals surface area contributed by atoms with Gasteiger partial charge in [0.25, 0.3) is 17.7 Å². The van der Waals surface area contributed by atoms with Crippen molar-refractivity contribution in [1.82, 2.24) is 15.5 Å². The van der Waals surface area contributed by atoms with Gasteiger partial charge in [0.1, 0.15) is 11.5 Å². The minimum atomic E-state index is -0.517. The number of hydrogen-bond acceptors (Lipinski definition) is 6. The van der Waals surface area contributed by atoms with Crippen molar-refractivity contribution in [2.75, 3.05) is 19.6 Å². The number of nitrogens with zero attached hydrogens (tertiary/aromatic N) is 1. The maximum absolute atomic E-state index is 12.2. The third-order valence-corrected chi connectivity index (χ3v) is 4.34. The molecule has 0 aromatic heterocycles. The summed E-state index contributed by atoms with van der Waals surface area (Å²) < 4.78 is 0. The van der Waals surface area contributed by atoms with Crippen LogP contribution in [0.2, 0.25) is 0 Å². The van der Waals surface area contributed by atoms with Crippen LogP contribution >= 0.6 is 0 Å². The van der Waals surface area contributed by atoms with Crippen molar-refractivity contribution in [2.45, 2.75) is 6.42 Å². The molecule has 150 valence electrons. The average Bonchev–Trinajstić information content (AvgIpc) is 2.93. The quantitative estimate of drug-likeness (QED) is 0.400. The molecule has 1 aliphatic heterocycles. The van der Waals surface area contributed by atoms with E-state index in [9.17, 15) is 29.4 Å². The third kappa shape index (κ3) is 4.52. The SMILES string of the molecule is O=C(CCN1C(=O)c2ccccc2C1=O)NCCNC(=O)c1cc(O)cc(O)c1. The van der Waals surface area contributed by atoms with E-state index in [0.717, 1.165) is 11.0 Å². The zero-order valence-electron chi connectivity index (χ0n) is 15.3. The Morgan fingerprint density at radius 2 is 1.41 bits per heavy atom. The van der Waals surface area contributed by atoms with Crippen molar-refractivity contribution < 1.29 is 29.4 Å². The second-order valence-corrected chi connectivity index (χ2v) is 6.40. The minimum absolute atomic E-state index is 0.0346. The van der Waals surface area contributed by atoms with E-state index < -0.39 is 17.7 Å². The first kappa shape index (κ1) is 19.9. The maximum atomic E-state index is 12.2. The summed E-state index contributed by atoms with van der Waals surface area (Å²) >= 11 is 0. The second kappa shape index (κ2) is 8.42. The van der Waals surface area contributed by atoms with Gasteiger partial charge in [-0.05, 0) is 24.3 Å². The van der Waals surface area contributed by atoms with Gasteiger partial charge in [-0.1, -0.05) is 12.1 Å². The summed E-state index contributed by atoms with van der Waals surface area (Å²) in [6.07, 6.45) is -0.0557. The van der Waals surface area contributed by atoms with Crippen LogP contribution in [0, 0.1) is 0 Å². The maximum Gasteiger partial charge on any atom is 0.261 e. The van der Waals surface area contributed by atoms with Crippen molar-refractivity contribution in [1.29, 1.82) is 0 Å². The number of carbonyl (C=O) groups is 4. The first-order valence-electron chi connectivity index (χ1n) is 8.90. The Bertz CT molecular complexity index is 933. The third-order valence-electron chi connectivity index (χ3n) is 4.34. The number of benzene rings is 2. The lowest BCUT2D eigenvalue weighted by Crippen LogP contribution is -2.37. The smallest absolute Gasteiger partial charge is 0.261 e. The molecule has 29 heavy (non-hydrogen) atoms. The number of fused-ring (bicyclic) bond motifs is 1. The summed E-state index contributed by atoms with van der Waals surface area (Å²) in [5, 5.41) is 23.9. The molecule has 0 radical (unpaired) electrons. The lowest BCUT2D eigenvalue weighted by molar-refractivity contribution is -0.121. The monoisotopic (exact) mass is 397 g/mol. The van der Waals surface area contributed by atoms with Crippen LogP contribution in [0.1, 0.15) is 37.5 Å². The van der Waals surface area contributed by atoms with Gasteiger partial charge < -0.3 is 20.8 Å². The van der Waals surface area contributed by atoms with Gasteiger partial charge in [0.05, 0.1) is 11.1 Å². The van der Waals surface area contributed by atoms with E-state index in [2.05, 4.69) is 10.6 Å². The molecule has 9 heteroatoms. The molecular formula is C20H19N3O6. The van der Waals surface area contributed by atoms with Gasteiger partial charge in [-0.3, -0.25) is 24.1 Å². The molecule has 0 unspecified atom stereocenters. The Balaban J connectivity index is 1.40. The van der Waals surface area contributed by atoms with Crippen molar-refractivity contribution >= 4 is 23.6 Å². The molecule has 2 aromatic rings. The Hall–Kier alpha value is -3.88. The van der Waals surface area contributed by atoms with E-state index in [-0.39, 0.29) is 49.0 Å². The van der Waals surface area contributed by atoms with Crippen LogP contribution in [-0.2, 0) is 4.79 Å². The normalized spacial score (nSPS) is 12.6. The number of amides is 4. The molecule has 0 saturated heterocycles. The van der Waals surface area contributed by atoms with E-state index >= 15 is 0 Å². The van der Waals surface area contributed by atoms with E-state index in [1.165, 1.54) is 12.1 Å². The molecule has 4 N–H and O–H groups in total. The molecule has 0 atom stereocenters. The van der Waals surface area contributed by atoms with Crippen LogP contribution < -0.4 is 10.6 Å². The molecular weight excluding hydrogens is 378 g/mol. The van der Waals surface area contributed by atoms with Gasteiger partial charge in [-0.25, -0.2) is 0 Å².